The molecule has 0 fully saturated rings. The van der Waals surface area contributed by atoms with Gasteiger partial charge in [-0.1, -0.05) is 54.2 Å². The van der Waals surface area contributed by atoms with E-state index in [9.17, 15) is 8.42 Å². The largest absolute Gasteiger partial charge is 2.00 e. The summed E-state index contributed by atoms with van der Waals surface area (Å²) in [6, 6.07) is 18.3. The maximum atomic E-state index is 11.0. The third-order valence-corrected chi connectivity index (χ3v) is 4.31. The Morgan fingerprint density at radius 1 is 0.871 bits per heavy atom. The zero-order chi connectivity index (χ0) is 21.4. The van der Waals surface area contributed by atoms with E-state index in [0.717, 1.165) is 28.1 Å². The van der Waals surface area contributed by atoms with Gasteiger partial charge < -0.3 is 15.1 Å². The molecule has 0 atom stereocenters. The molecular weight excluding hydrogens is 490 g/mol. The molecule has 0 amide bonds. The van der Waals surface area contributed by atoms with Crippen LogP contribution in [0.4, 0.5) is 11.4 Å². The summed E-state index contributed by atoms with van der Waals surface area (Å²) in [7, 11) is -3.38. The first-order valence-electron chi connectivity index (χ1n) is 8.55. The minimum atomic E-state index is -3.38. The van der Waals surface area contributed by atoms with Crippen molar-refractivity contribution in [2.45, 2.75) is 0 Å². The number of nitrogens with zero attached hydrogens (tertiary/aromatic N) is 4. The Kier molecular flexibility index (Phi) is 9.20. The SMILES string of the molecule is CS(=O)(=O)[N-]c1cccc2cccnc12.S=COO[N-]c1cccc2cccnc12.[Zn+2]. The summed E-state index contributed by atoms with van der Waals surface area (Å²) in [6.45, 7) is 0. The molecule has 154 valence electrons. The Bertz CT molecular complexity index is 1260. The van der Waals surface area contributed by atoms with Crippen molar-refractivity contribution in [3.8, 4) is 0 Å². The van der Waals surface area contributed by atoms with E-state index in [1.807, 2.05) is 36.4 Å². The molecule has 0 aliphatic carbocycles. The summed E-state index contributed by atoms with van der Waals surface area (Å²) in [4.78, 5) is 17.2. The van der Waals surface area contributed by atoms with E-state index in [0.29, 0.717) is 16.9 Å². The van der Waals surface area contributed by atoms with Gasteiger partial charge in [-0.25, -0.2) is 8.42 Å². The van der Waals surface area contributed by atoms with Gasteiger partial charge in [0, 0.05) is 18.6 Å². The molecule has 0 saturated heterocycles. The number of rotatable bonds is 6. The van der Waals surface area contributed by atoms with Gasteiger partial charge >= 0.3 is 19.5 Å². The number of benzene rings is 2. The third kappa shape index (κ3) is 7.18. The number of pyridine rings is 2. The van der Waals surface area contributed by atoms with Gasteiger partial charge in [-0.3, -0.25) is 15.0 Å². The first kappa shape index (κ1) is 24.6. The molecule has 2 aromatic heterocycles. The first-order valence-corrected chi connectivity index (χ1v) is 10.9. The van der Waals surface area contributed by atoms with Gasteiger partial charge in [0.05, 0.1) is 21.1 Å². The van der Waals surface area contributed by atoms with Crippen LogP contribution in [0, 0.1) is 0 Å². The zero-order valence-corrected chi connectivity index (χ0v) is 21.1. The summed E-state index contributed by atoms with van der Waals surface area (Å²) in [6.07, 6.45) is 4.37. The van der Waals surface area contributed by atoms with Crippen LogP contribution in [0.3, 0.4) is 0 Å². The van der Waals surface area contributed by atoms with Crippen LogP contribution in [-0.4, -0.2) is 30.2 Å². The molecule has 11 heteroatoms. The van der Waals surface area contributed by atoms with Crippen molar-refractivity contribution in [3.63, 3.8) is 0 Å². The second kappa shape index (κ2) is 11.6. The van der Waals surface area contributed by atoms with Gasteiger partial charge in [0.15, 0.2) is 5.55 Å². The van der Waals surface area contributed by atoms with Crippen molar-refractivity contribution in [3.05, 3.63) is 83.3 Å². The molecule has 31 heavy (non-hydrogen) atoms. The summed E-state index contributed by atoms with van der Waals surface area (Å²) in [5.74, 6) is 0. The molecule has 0 aliphatic rings. The second-order valence-electron chi connectivity index (χ2n) is 5.89. The number of hydrogen-bond donors (Lipinski definition) is 0. The van der Waals surface area contributed by atoms with Crippen molar-refractivity contribution in [2.75, 3.05) is 6.26 Å². The number of hydrogen-bond acceptors (Lipinski definition) is 7. The summed E-state index contributed by atoms with van der Waals surface area (Å²) in [5, 5.41) is 1.87. The van der Waals surface area contributed by atoms with Crippen LogP contribution >= 0.6 is 12.2 Å². The number of fused-ring (bicyclic) bond motifs is 2. The average molecular weight is 506 g/mol. The predicted octanol–water partition coefficient (Wildman–Crippen LogP) is 5.26. The van der Waals surface area contributed by atoms with Gasteiger partial charge in [0.25, 0.3) is 0 Å². The molecule has 0 aliphatic heterocycles. The van der Waals surface area contributed by atoms with E-state index in [1.165, 1.54) is 0 Å². The monoisotopic (exact) mass is 504 g/mol. The first-order chi connectivity index (χ1) is 14.5. The smallest absolute Gasteiger partial charge is 0.575 e. The normalized spacial score (nSPS) is 10.4. The Morgan fingerprint density at radius 3 is 1.94 bits per heavy atom. The average Bonchev–Trinajstić information content (AvgIpc) is 2.74. The van der Waals surface area contributed by atoms with Crippen molar-refractivity contribution >= 4 is 61.0 Å². The van der Waals surface area contributed by atoms with Crippen molar-refractivity contribution < 1.29 is 37.8 Å². The minimum absolute atomic E-state index is 0. The number of para-hydroxylation sites is 2. The molecular formula is C20H16N4O4S2Zn. The molecule has 0 bridgehead atoms. The van der Waals surface area contributed by atoms with Crippen LogP contribution in [0.5, 0.6) is 0 Å². The molecule has 0 radical (unpaired) electrons. The summed E-state index contributed by atoms with van der Waals surface area (Å²) < 4.78 is 25.7. The Balaban J connectivity index is 0.000000213. The Hall–Kier alpha value is -2.72. The van der Waals surface area contributed by atoms with Gasteiger partial charge in [-0.2, -0.15) is 0 Å². The van der Waals surface area contributed by atoms with E-state index in [4.69, 9.17) is 0 Å². The predicted molar refractivity (Wildman–Crippen MR) is 120 cm³/mol. The molecule has 4 rings (SSSR count). The molecule has 0 N–H and O–H groups in total. The van der Waals surface area contributed by atoms with Crippen LogP contribution in [0.25, 0.3) is 32.0 Å². The molecule has 8 nitrogen and oxygen atoms in total. The van der Waals surface area contributed by atoms with Crippen molar-refractivity contribution in [1.82, 2.24) is 9.97 Å². The van der Waals surface area contributed by atoms with Crippen molar-refractivity contribution in [2.24, 2.45) is 0 Å². The van der Waals surface area contributed by atoms with E-state index in [-0.39, 0.29) is 19.5 Å². The molecule has 2 aromatic carbocycles. The van der Waals surface area contributed by atoms with Crippen LogP contribution in [0.2, 0.25) is 0 Å². The van der Waals surface area contributed by atoms with Gasteiger partial charge in [0.2, 0.25) is 0 Å². The van der Waals surface area contributed by atoms with E-state index >= 15 is 0 Å². The van der Waals surface area contributed by atoms with E-state index < -0.39 is 10.0 Å². The quantitative estimate of drug-likeness (QED) is 0.116. The van der Waals surface area contributed by atoms with Crippen LogP contribution in [0.15, 0.2) is 73.1 Å². The molecule has 0 spiro atoms. The molecule has 0 unspecified atom stereocenters. The molecule has 4 aromatic rings. The van der Waals surface area contributed by atoms with Gasteiger partial charge in [-0.15, -0.1) is 5.69 Å². The van der Waals surface area contributed by atoms with E-state index in [2.05, 4.69) is 42.3 Å². The fourth-order valence-corrected chi connectivity index (χ4v) is 3.12. The Labute approximate surface area is 197 Å². The molecule has 0 saturated carbocycles. The van der Waals surface area contributed by atoms with Gasteiger partial charge in [-0.05, 0) is 35.1 Å². The maximum absolute atomic E-state index is 11.0. The molecule has 2 heterocycles. The standard InChI is InChI=1S/C10H9N2O2S.C10H7N2O2S.Zn/c1-15(13,14)12-9-6-2-4-8-5-3-7-11-10(8)9;15-7-13-14-12-9-5-1-3-8-4-2-6-11-10(8)9;/h2-7H,1H3;1-7H;/q2*-1;+2. The zero-order valence-electron chi connectivity index (χ0n) is 16.5. The topological polar surface area (TPSA) is 107 Å². The third-order valence-electron chi connectivity index (χ3n) is 3.70. The fourth-order valence-electron chi connectivity index (χ4n) is 2.58. The second-order valence-corrected chi connectivity index (χ2v) is 7.73. The van der Waals surface area contributed by atoms with Gasteiger partial charge in [0.1, 0.15) is 0 Å². The number of thiocarbonyl (C=S) groups is 1. The van der Waals surface area contributed by atoms with Crippen LogP contribution in [-0.2, 0) is 39.4 Å². The maximum Gasteiger partial charge on any atom is 2.00 e. The number of aromatic nitrogens is 2. The summed E-state index contributed by atoms with van der Waals surface area (Å²) >= 11 is 4.42. The van der Waals surface area contributed by atoms with Crippen molar-refractivity contribution in [1.29, 1.82) is 0 Å². The number of sulfonamides is 1. The minimum Gasteiger partial charge on any atom is -0.575 e. The van der Waals surface area contributed by atoms with Crippen LogP contribution < -0.4 is 0 Å². The fraction of sp³-hybridized carbons (Fsp3) is 0.0500. The summed E-state index contributed by atoms with van der Waals surface area (Å²) in [5.41, 5.74) is 7.08. The van der Waals surface area contributed by atoms with E-state index in [1.54, 1.807) is 36.7 Å². The Morgan fingerprint density at radius 2 is 1.39 bits per heavy atom. The van der Waals surface area contributed by atoms with Crippen LogP contribution in [0.1, 0.15) is 0 Å².